The van der Waals surface area contributed by atoms with Gasteiger partial charge in [0.15, 0.2) is 11.6 Å². The van der Waals surface area contributed by atoms with Gasteiger partial charge in [0.2, 0.25) is 0 Å². The van der Waals surface area contributed by atoms with Crippen LogP contribution in [0.15, 0.2) is 115 Å². The van der Waals surface area contributed by atoms with Gasteiger partial charge in [-0.05, 0) is 30.3 Å². The van der Waals surface area contributed by atoms with Gasteiger partial charge in [-0.15, -0.1) is 0 Å². The highest BCUT2D eigenvalue weighted by Gasteiger charge is 2.32. The maximum atomic E-state index is 13.7. The highest BCUT2D eigenvalue weighted by molar-refractivity contribution is 6.17. The first kappa shape index (κ1) is 28.5. The molecule has 5 aromatic rings. The number of nitrogens with zero attached hydrogens (tertiary/aromatic N) is 1. The number of benzene rings is 4. The summed E-state index contributed by atoms with van der Waals surface area (Å²) in [6.45, 7) is 0. The molecule has 0 N–H and O–H groups in total. The zero-order valence-corrected chi connectivity index (χ0v) is 21.5. The Morgan fingerprint density at radius 3 is 1.12 bits per heavy atom. The van der Waals surface area contributed by atoms with Crippen molar-refractivity contribution < 1.29 is 35.9 Å². The van der Waals surface area contributed by atoms with Crippen molar-refractivity contribution in [1.29, 1.82) is 0 Å². The highest BCUT2D eigenvalue weighted by atomic mass is 19.4. The first-order chi connectivity index (χ1) is 19.9. The third kappa shape index (κ3) is 5.85. The number of carbonyl (C=O) groups is 2. The number of aromatic nitrogens is 1. The van der Waals surface area contributed by atoms with E-state index >= 15 is 0 Å². The molecule has 0 spiro atoms. The maximum Gasteiger partial charge on any atom is 0.416 e. The Balaban J connectivity index is 1.78. The normalized spacial score (nSPS) is 11.8. The van der Waals surface area contributed by atoms with Crippen molar-refractivity contribution >= 4 is 11.6 Å². The molecule has 210 valence electrons. The molecular formula is C33H19F6NO2. The van der Waals surface area contributed by atoms with E-state index in [-0.39, 0.29) is 44.8 Å². The Hall–Kier alpha value is -5.05. The molecule has 9 heteroatoms. The van der Waals surface area contributed by atoms with Crippen LogP contribution in [-0.2, 0) is 12.4 Å². The SMILES string of the molecule is O=C(c1ccccc1)c1cc(C(=O)c2ccccc2)c(-c2ccc(C(F)(F)F)cc2)nc1-c1ccc(C(F)(F)F)cc1. The molecular weight excluding hydrogens is 556 g/mol. The van der Waals surface area contributed by atoms with Gasteiger partial charge < -0.3 is 0 Å². The van der Waals surface area contributed by atoms with Crippen LogP contribution in [0.5, 0.6) is 0 Å². The summed E-state index contributed by atoms with van der Waals surface area (Å²) in [5.74, 6) is -1.09. The number of pyridine rings is 1. The number of rotatable bonds is 6. The molecule has 1 heterocycles. The monoisotopic (exact) mass is 575 g/mol. The van der Waals surface area contributed by atoms with Crippen molar-refractivity contribution in [1.82, 2.24) is 4.98 Å². The molecule has 0 unspecified atom stereocenters. The fourth-order valence-electron chi connectivity index (χ4n) is 4.42. The lowest BCUT2D eigenvalue weighted by atomic mass is 9.91. The molecule has 1 aromatic heterocycles. The van der Waals surface area contributed by atoms with E-state index in [2.05, 4.69) is 4.98 Å². The van der Waals surface area contributed by atoms with Gasteiger partial charge in [0.25, 0.3) is 0 Å². The molecule has 0 saturated carbocycles. The van der Waals surface area contributed by atoms with Crippen molar-refractivity contribution in [2.75, 3.05) is 0 Å². The molecule has 0 saturated heterocycles. The van der Waals surface area contributed by atoms with Gasteiger partial charge in [0.05, 0.1) is 22.5 Å². The summed E-state index contributed by atoms with van der Waals surface area (Å²) < 4.78 is 79.6. The fourth-order valence-corrected chi connectivity index (χ4v) is 4.42. The predicted molar refractivity (Wildman–Crippen MR) is 145 cm³/mol. The Morgan fingerprint density at radius 1 is 0.476 bits per heavy atom. The predicted octanol–water partition coefficient (Wildman–Crippen LogP) is 8.92. The largest absolute Gasteiger partial charge is 0.416 e. The van der Waals surface area contributed by atoms with Gasteiger partial charge in [0.1, 0.15) is 0 Å². The maximum absolute atomic E-state index is 13.7. The lowest BCUT2D eigenvalue weighted by molar-refractivity contribution is -0.138. The first-order valence-corrected chi connectivity index (χ1v) is 12.5. The van der Waals surface area contributed by atoms with Crippen molar-refractivity contribution in [2.24, 2.45) is 0 Å². The van der Waals surface area contributed by atoms with Crippen molar-refractivity contribution in [3.8, 4) is 22.5 Å². The van der Waals surface area contributed by atoms with E-state index in [9.17, 15) is 35.9 Å². The zero-order valence-electron chi connectivity index (χ0n) is 21.5. The minimum absolute atomic E-state index is 0.0305. The standard InChI is InChI=1S/C33H19F6NO2/c34-32(35,36)24-15-11-20(12-16-24)28-26(30(41)22-7-3-1-4-8-22)19-27(31(42)23-9-5-2-6-10-23)29(40-28)21-13-17-25(18-14-21)33(37,38)39/h1-19H. The molecule has 0 aliphatic heterocycles. The van der Waals surface area contributed by atoms with Crippen LogP contribution in [0.4, 0.5) is 26.3 Å². The van der Waals surface area contributed by atoms with E-state index in [0.29, 0.717) is 0 Å². The summed E-state index contributed by atoms with van der Waals surface area (Å²) >= 11 is 0. The Bertz CT molecular complexity index is 1620. The van der Waals surface area contributed by atoms with Gasteiger partial charge in [-0.25, -0.2) is 4.98 Å². The summed E-state index contributed by atoms with van der Waals surface area (Å²) in [5, 5.41) is 0. The van der Waals surface area contributed by atoms with Crippen molar-refractivity contribution in [2.45, 2.75) is 12.4 Å². The Labute approximate surface area is 236 Å². The highest BCUT2D eigenvalue weighted by Crippen LogP contribution is 2.36. The minimum Gasteiger partial charge on any atom is -0.289 e. The van der Waals surface area contributed by atoms with Crippen LogP contribution in [0.25, 0.3) is 22.5 Å². The van der Waals surface area contributed by atoms with E-state index < -0.39 is 35.0 Å². The van der Waals surface area contributed by atoms with Crippen LogP contribution in [0.1, 0.15) is 43.0 Å². The van der Waals surface area contributed by atoms with Crippen LogP contribution in [0.2, 0.25) is 0 Å². The fraction of sp³-hybridized carbons (Fsp3) is 0.0606. The average Bonchev–Trinajstić information content (AvgIpc) is 3.00. The molecule has 3 nitrogen and oxygen atoms in total. The molecule has 0 amide bonds. The quantitative estimate of drug-likeness (QED) is 0.150. The zero-order chi connectivity index (χ0) is 30.1. The summed E-state index contributed by atoms with van der Waals surface area (Å²) in [6, 6.07) is 25.4. The first-order valence-electron chi connectivity index (χ1n) is 12.5. The Morgan fingerprint density at radius 2 is 0.810 bits per heavy atom. The number of carbonyl (C=O) groups excluding carboxylic acids is 2. The summed E-state index contributed by atoms with van der Waals surface area (Å²) in [5.41, 5.74) is -1.23. The van der Waals surface area contributed by atoms with Crippen LogP contribution in [0, 0.1) is 0 Å². The van der Waals surface area contributed by atoms with Gasteiger partial charge in [-0.2, -0.15) is 26.3 Å². The van der Waals surface area contributed by atoms with Crippen LogP contribution < -0.4 is 0 Å². The number of alkyl halides is 6. The van der Waals surface area contributed by atoms with Gasteiger partial charge >= 0.3 is 12.4 Å². The average molecular weight is 576 g/mol. The molecule has 0 fully saturated rings. The summed E-state index contributed by atoms with van der Waals surface area (Å²) in [7, 11) is 0. The number of halogens is 6. The molecule has 0 aliphatic carbocycles. The van der Waals surface area contributed by atoms with Crippen molar-refractivity contribution in [3.05, 3.63) is 149 Å². The van der Waals surface area contributed by atoms with E-state index in [4.69, 9.17) is 0 Å². The molecule has 0 radical (unpaired) electrons. The molecule has 42 heavy (non-hydrogen) atoms. The topological polar surface area (TPSA) is 47.0 Å². The van der Waals surface area contributed by atoms with Gasteiger partial charge in [-0.3, -0.25) is 9.59 Å². The second kappa shape index (κ2) is 11.1. The molecule has 5 rings (SSSR count). The molecule has 4 aromatic carbocycles. The van der Waals surface area contributed by atoms with E-state index in [1.54, 1.807) is 60.7 Å². The van der Waals surface area contributed by atoms with E-state index in [1.165, 1.54) is 6.07 Å². The second-order valence-corrected chi connectivity index (χ2v) is 9.32. The third-order valence-corrected chi connectivity index (χ3v) is 6.56. The second-order valence-electron chi connectivity index (χ2n) is 9.32. The lowest BCUT2D eigenvalue weighted by Gasteiger charge is -2.16. The van der Waals surface area contributed by atoms with Crippen molar-refractivity contribution in [3.63, 3.8) is 0 Å². The Kier molecular flexibility index (Phi) is 7.51. The summed E-state index contributed by atoms with van der Waals surface area (Å²) in [4.78, 5) is 32.0. The third-order valence-electron chi connectivity index (χ3n) is 6.56. The van der Waals surface area contributed by atoms with Gasteiger partial charge in [-0.1, -0.05) is 84.9 Å². The number of hydrogen-bond acceptors (Lipinski definition) is 3. The van der Waals surface area contributed by atoms with Gasteiger partial charge in [0, 0.05) is 33.4 Å². The van der Waals surface area contributed by atoms with E-state index in [0.717, 1.165) is 48.5 Å². The number of ketones is 2. The van der Waals surface area contributed by atoms with Crippen LogP contribution >= 0.6 is 0 Å². The minimum atomic E-state index is -4.61. The smallest absolute Gasteiger partial charge is 0.289 e. The van der Waals surface area contributed by atoms with E-state index in [1.807, 2.05) is 0 Å². The van der Waals surface area contributed by atoms with Crippen LogP contribution in [0.3, 0.4) is 0 Å². The molecule has 0 atom stereocenters. The lowest BCUT2D eigenvalue weighted by Crippen LogP contribution is -2.12. The number of hydrogen-bond donors (Lipinski definition) is 0. The van der Waals surface area contributed by atoms with Crippen LogP contribution in [-0.4, -0.2) is 16.6 Å². The molecule has 0 aliphatic rings. The summed E-state index contributed by atoms with van der Waals surface area (Å²) in [6.07, 6.45) is -9.21. The molecule has 0 bridgehead atoms.